The first-order valence-electron chi connectivity index (χ1n) is 4.44. The first kappa shape index (κ1) is 9.58. The average Bonchev–Trinajstić information content (AvgIpc) is 2.22. The van der Waals surface area contributed by atoms with Crippen LogP contribution in [0.4, 0.5) is 0 Å². The van der Waals surface area contributed by atoms with E-state index in [1.54, 1.807) is 6.07 Å². The average molecular weight is 206 g/mol. The molecule has 1 aromatic carbocycles. The van der Waals surface area contributed by atoms with Crippen LogP contribution in [0.15, 0.2) is 27.4 Å². The van der Waals surface area contributed by atoms with Gasteiger partial charge in [0.2, 0.25) is 0 Å². The minimum absolute atomic E-state index is 0.0633. The van der Waals surface area contributed by atoms with E-state index in [4.69, 9.17) is 9.15 Å². The molecular formula is C11H10O4. The van der Waals surface area contributed by atoms with Crippen molar-refractivity contribution in [2.24, 2.45) is 0 Å². The van der Waals surface area contributed by atoms with E-state index >= 15 is 0 Å². The Bertz CT molecular complexity index is 569. The van der Waals surface area contributed by atoms with Gasteiger partial charge in [-0.1, -0.05) is 6.07 Å². The molecule has 1 heterocycles. The molecule has 0 amide bonds. The maximum absolute atomic E-state index is 11.2. The Morgan fingerprint density at radius 1 is 1.40 bits per heavy atom. The molecule has 0 aliphatic rings. The highest BCUT2D eigenvalue weighted by Crippen LogP contribution is 2.32. The molecule has 0 fully saturated rings. The lowest BCUT2D eigenvalue weighted by Gasteiger charge is -2.07. The van der Waals surface area contributed by atoms with Crippen molar-refractivity contribution in [1.82, 2.24) is 0 Å². The molecule has 0 unspecified atom stereocenters. The van der Waals surface area contributed by atoms with Crippen molar-refractivity contribution >= 4 is 11.0 Å². The lowest BCUT2D eigenvalue weighted by Crippen LogP contribution is -1.99. The highest BCUT2D eigenvalue weighted by atomic mass is 16.5. The van der Waals surface area contributed by atoms with Crippen molar-refractivity contribution in [3.8, 4) is 11.5 Å². The molecule has 0 radical (unpaired) electrons. The fourth-order valence-corrected chi connectivity index (χ4v) is 1.55. The van der Waals surface area contributed by atoms with Gasteiger partial charge in [0.25, 0.3) is 0 Å². The molecule has 1 aromatic heterocycles. The molecule has 0 spiro atoms. The van der Waals surface area contributed by atoms with Crippen LogP contribution < -0.4 is 10.4 Å². The summed E-state index contributed by atoms with van der Waals surface area (Å²) in [7, 11) is 1.47. The van der Waals surface area contributed by atoms with Crippen molar-refractivity contribution in [2.75, 3.05) is 7.11 Å². The number of rotatable bonds is 1. The second kappa shape index (κ2) is 3.31. The zero-order valence-corrected chi connectivity index (χ0v) is 8.40. The van der Waals surface area contributed by atoms with Crippen molar-refractivity contribution in [1.29, 1.82) is 0 Å². The highest BCUT2D eigenvalue weighted by molar-refractivity contribution is 5.90. The molecule has 78 valence electrons. The van der Waals surface area contributed by atoms with Crippen LogP contribution in [0.25, 0.3) is 11.0 Å². The molecule has 0 saturated heterocycles. The second-order valence-corrected chi connectivity index (χ2v) is 3.24. The minimum atomic E-state index is -0.541. The van der Waals surface area contributed by atoms with Gasteiger partial charge in [0.05, 0.1) is 18.6 Å². The normalized spacial score (nSPS) is 10.5. The molecule has 0 aliphatic heterocycles. The van der Waals surface area contributed by atoms with Gasteiger partial charge in [-0.25, -0.2) is 4.79 Å². The van der Waals surface area contributed by atoms with Gasteiger partial charge >= 0.3 is 5.63 Å². The minimum Gasteiger partial charge on any atom is -0.504 e. The highest BCUT2D eigenvalue weighted by Gasteiger charge is 2.11. The summed E-state index contributed by atoms with van der Waals surface area (Å²) >= 11 is 0. The topological polar surface area (TPSA) is 59.7 Å². The van der Waals surface area contributed by atoms with Crippen LogP contribution >= 0.6 is 0 Å². The van der Waals surface area contributed by atoms with Crippen LogP contribution in [0.5, 0.6) is 11.5 Å². The number of aryl methyl sites for hydroxylation is 1. The zero-order chi connectivity index (χ0) is 11.0. The molecule has 2 rings (SSSR count). The quantitative estimate of drug-likeness (QED) is 0.723. The predicted octanol–water partition coefficient (Wildman–Crippen LogP) is 1.82. The monoisotopic (exact) mass is 206 g/mol. The third kappa shape index (κ3) is 1.44. The Hall–Kier alpha value is -1.97. The number of hydrogen-bond acceptors (Lipinski definition) is 4. The van der Waals surface area contributed by atoms with E-state index in [1.807, 2.05) is 6.92 Å². The van der Waals surface area contributed by atoms with Crippen LogP contribution in [0, 0.1) is 6.92 Å². The van der Waals surface area contributed by atoms with Gasteiger partial charge in [0, 0.05) is 0 Å². The first-order chi connectivity index (χ1) is 7.13. The van der Waals surface area contributed by atoms with E-state index in [0.717, 1.165) is 5.56 Å². The lowest BCUT2D eigenvalue weighted by atomic mass is 10.1. The number of fused-ring (bicyclic) bond motifs is 1. The van der Waals surface area contributed by atoms with Crippen LogP contribution in [-0.2, 0) is 0 Å². The first-order valence-corrected chi connectivity index (χ1v) is 4.44. The number of methoxy groups -OCH3 is 1. The van der Waals surface area contributed by atoms with E-state index in [0.29, 0.717) is 11.1 Å². The van der Waals surface area contributed by atoms with Crippen molar-refractivity contribution in [3.05, 3.63) is 34.2 Å². The molecular weight excluding hydrogens is 196 g/mol. The standard InChI is InChI=1S/C11H10O4/c1-6-3-4-7(12)11-10(6)8(14-2)5-9(13)15-11/h3-5,12H,1-2H3. The lowest BCUT2D eigenvalue weighted by molar-refractivity contribution is 0.409. The largest absolute Gasteiger partial charge is 0.504 e. The Morgan fingerprint density at radius 3 is 2.80 bits per heavy atom. The molecule has 0 saturated carbocycles. The molecule has 4 heteroatoms. The van der Waals surface area contributed by atoms with Gasteiger partial charge in [0.15, 0.2) is 11.3 Å². The molecule has 1 N–H and O–H groups in total. The number of phenolic OH excluding ortho intramolecular Hbond substituents is 1. The Balaban J connectivity index is 3.01. The molecule has 0 atom stereocenters. The third-order valence-corrected chi connectivity index (χ3v) is 2.26. The second-order valence-electron chi connectivity index (χ2n) is 3.24. The molecule has 0 aliphatic carbocycles. The van der Waals surface area contributed by atoms with E-state index < -0.39 is 5.63 Å². The summed E-state index contributed by atoms with van der Waals surface area (Å²) in [5.74, 6) is 0.348. The summed E-state index contributed by atoms with van der Waals surface area (Å²) in [5, 5.41) is 10.2. The number of benzene rings is 1. The van der Waals surface area contributed by atoms with Gasteiger partial charge < -0.3 is 14.3 Å². The third-order valence-electron chi connectivity index (χ3n) is 2.26. The Kier molecular flexibility index (Phi) is 2.11. The van der Waals surface area contributed by atoms with Gasteiger partial charge in [-0.2, -0.15) is 0 Å². The molecule has 0 bridgehead atoms. The van der Waals surface area contributed by atoms with E-state index in [-0.39, 0.29) is 11.3 Å². The van der Waals surface area contributed by atoms with Gasteiger partial charge in [-0.05, 0) is 18.6 Å². The van der Waals surface area contributed by atoms with E-state index in [9.17, 15) is 9.90 Å². The zero-order valence-electron chi connectivity index (χ0n) is 8.40. The maximum atomic E-state index is 11.2. The summed E-state index contributed by atoms with van der Waals surface area (Å²) in [6.07, 6.45) is 0. The fourth-order valence-electron chi connectivity index (χ4n) is 1.55. The van der Waals surface area contributed by atoms with E-state index in [2.05, 4.69) is 0 Å². The Morgan fingerprint density at radius 2 is 2.13 bits per heavy atom. The van der Waals surface area contributed by atoms with Crippen molar-refractivity contribution in [3.63, 3.8) is 0 Å². The Labute approximate surface area is 85.7 Å². The predicted molar refractivity (Wildman–Crippen MR) is 55.4 cm³/mol. The summed E-state index contributed by atoms with van der Waals surface area (Å²) in [5.41, 5.74) is 0.503. The van der Waals surface area contributed by atoms with Crippen LogP contribution in [-0.4, -0.2) is 12.2 Å². The van der Waals surface area contributed by atoms with Crippen molar-refractivity contribution in [2.45, 2.75) is 6.92 Å². The summed E-state index contributed by atoms with van der Waals surface area (Å²) in [6.45, 7) is 1.85. The van der Waals surface area contributed by atoms with Crippen LogP contribution in [0.3, 0.4) is 0 Å². The number of ether oxygens (including phenoxy) is 1. The van der Waals surface area contributed by atoms with Gasteiger partial charge in [-0.3, -0.25) is 0 Å². The van der Waals surface area contributed by atoms with Gasteiger partial charge in [-0.15, -0.1) is 0 Å². The maximum Gasteiger partial charge on any atom is 0.340 e. The van der Waals surface area contributed by atoms with E-state index in [1.165, 1.54) is 19.2 Å². The number of hydrogen-bond donors (Lipinski definition) is 1. The fraction of sp³-hybridized carbons (Fsp3) is 0.182. The smallest absolute Gasteiger partial charge is 0.340 e. The summed E-state index contributed by atoms with van der Waals surface area (Å²) < 4.78 is 10.0. The van der Waals surface area contributed by atoms with Crippen molar-refractivity contribution < 1.29 is 14.3 Å². The summed E-state index contributed by atoms with van der Waals surface area (Å²) in [6, 6.07) is 4.48. The molecule has 15 heavy (non-hydrogen) atoms. The van der Waals surface area contributed by atoms with Gasteiger partial charge in [0.1, 0.15) is 5.75 Å². The van der Waals surface area contributed by atoms with Crippen LogP contribution in [0.2, 0.25) is 0 Å². The van der Waals surface area contributed by atoms with Crippen LogP contribution in [0.1, 0.15) is 5.56 Å². The molecule has 2 aromatic rings. The SMILES string of the molecule is COc1cc(=O)oc2c(O)ccc(C)c12. The number of aromatic hydroxyl groups is 1. The number of phenols is 1. The summed E-state index contributed by atoms with van der Waals surface area (Å²) in [4.78, 5) is 11.2. The molecule has 4 nitrogen and oxygen atoms in total.